The monoisotopic (exact) mass is 511 g/mol. The van der Waals surface area contributed by atoms with Crippen LogP contribution in [0.25, 0.3) is 0 Å². The van der Waals surface area contributed by atoms with Crippen LogP contribution in [0.3, 0.4) is 0 Å². The highest BCUT2D eigenvalue weighted by Crippen LogP contribution is 2.34. The number of hydrogen-bond acceptors (Lipinski definition) is 6. The van der Waals surface area contributed by atoms with Crippen molar-refractivity contribution in [3.8, 4) is 17.2 Å². The molecule has 0 N–H and O–H groups in total. The summed E-state index contributed by atoms with van der Waals surface area (Å²) in [6, 6.07) is 11.4. The largest absolute Gasteiger partial charge is 0.496 e. The molecule has 3 amide bonds. The Morgan fingerprint density at radius 3 is 2.49 bits per heavy atom. The van der Waals surface area contributed by atoms with Gasteiger partial charge in [-0.25, -0.2) is 9.59 Å². The van der Waals surface area contributed by atoms with Crippen LogP contribution in [0.1, 0.15) is 49.8 Å². The summed E-state index contributed by atoms with van der Waals surface area (Å²) >= 11 is 0. The first-order valence-electron chi connectivity index (χ1n) is 12.9. The van der Waals surface area contributed by atoms with Crippen molar-refractivity contribution >= 4 is 17.8 Å². The number of methoxy groups -OCH3 is 2. The first kappa shape index (κ1) is 26.4. The summed E-state index contributed by atoms with van der Waals surface area (Å²) in [5, 5.41) is 0. The van der Waals surface area contributed by atoms with Gasteiger partial charge in [0.15, 0.2) is 11.5 Å². The molecule has 0 spiro atoms. The Kier molecular flexibility index (Phi) is 8.63. The van der Waals surface area contributed by atoms with E-state index in [0.29, 0.717) is 50.0 Å². The van der Waals surface area contributed by atoms with Gasteiger partial charge < -0.3 is 28.7 Å². The molecule has 9 heteroatoms. The molecule has 0 saturated carbocycles. The third-order valence-corrected chi connectivity index (χ3v) is 6.81. The van der Waals surface area contributed by atoms with Gasteiger partial charge in [0.2, 0.25) is 0 Å². The number of nitrogens with zero attached hydrogens (tertiary/aromatic N) is 3. The van der Waals surface area contributed by atoms with Crippen molar-refractivity contribution < 1.29 is 28.5 Å². The highest BCUT2D eigenvalue weighted by atomic mass is 16.6. The molecule has 9 nitrogen and oxygen atoms in total. The molecule has 2 aromatic rings. The van der Waals surface area contributed by atoms with Gasteiger partial charge in [0.1, 0.15) is 11.9 Å². The summed E-state index contributed by atoms with van der Waals surface area (Å²) in [4.78, 5) is 30.5. The second-order valence-electron chi connectivity index (χ2n) is 9.42. The second kappa shape index (κ2) is 12.1. The fraction of sp³-hybridized carbons (Fsp3) is 0.500. The van der Waals surface area contributed by atoms with Crippen LogP contribution >= 0.6 is 0 Å². The molecular formula is C28H37N3O6. The third kappa shape index (κ3) is 6.03. The molecule has 0 aromatic heterocycles. The summed E-state index contributed by atoms with van der Waals surface area (Å²) in [5.74, 6) is 1.97. The van der Waals surface area contributed by atoms with Gasteiger partial charge in [-0.05, 0) is 36.6 Å². The standard InChI is InChI=1S/C28H37N3O6/c1-5-6-7-15-36-25-17-22(11-12-23(25)34-3)31-14-8-13-30(27(31)32)18-21-10-9-20(16-24(21)35-4)26-19-29(2)28(33)37-26/h9-12,16-17,26H,5-8,13-15,18-19H2,1-4H3. The average Bonchev–Trinajstić information content (AvgIpc) is 3.25. The maximum atomic E-state index is 13.5. The summed E-state index contributed by atoms with van der Waals surface area (Å²) in [6.07, 6.45) is 3.38. The zero-order chi connectivity index (χ0) is 26.4. The molecule has 2 aliphatic heterocycles. The van der Waals surface area contributed by atoms with E-state index < -0.39 is 0 Å². The average molecular weight is 512 g/mol. The lowest BCUT2D eigenvalue weighted by atomic mass is 10.0. The molecule has 200 valence electrons. The minimum absolute atomic E-state index is 0.0640. The minimum Gasteiger partial charge on any atom is -0.496 e. The molecule has 2 aromatic carbocycles. The Bertz CT molecular complexity index is 1110. The quantitative estimate of drug-likeness (QED) is 0.385. The molecule has 2 heterocycles. The highest BCUT2D eigenvalue weighted by molar-refractivity contribution is 5.93. The van der Waals surface area contributed by atoms with Crippen molar-refractivity contribution in [3.05, 3.63) is 47.5 Å². The number of unbranched alkanes of at least 4 members (excludes halogenated alkanes) is 2. The van der Waals surface area contributed by atoms with Crippen LogP contribution in [0.15, 0.2) is 36.4 Å². The van der Waals surface area contributed by atoms with Gasteiger partial charge in [0, 0.05) is 37.5 Å². The zero-order valence-corrected chi connectivity index (χ0v) is 22.2. The number of urea groups is 1. The minimum atomic E-state index is -0.333. The van der Waals surface area contributed by atoms with Crippen LogP contribution < -0.4 is 19.1 Å². The molecule has 1 unspecified atom stereocenters. The molecule has 2 aliphatic rings. The van der Waals surface area contributed by atoms with E-state index in [1.54, 1.807) is 31.1 Å². The molecular weight excluding hydrogens is 474 g/mol. The lowest BCUT2D eigenvalue weighted by Crippen LogP contribution is -2.49. The zero-order valence-electron chi connectivity index (χ0n) is 22.2. The summed E-state index contributed by atoms with van der Waals surface area (Å²) in [5.41, 5.74) is 2.55. The van der Waals surface area contributed by atoms with Gasteiger partial charge in [-0.15, -0.1) is 0 Å². The van der Waals surface area contributed by atoms with E-state index in [1.807, 2.05) is 41.3 Å². The van der Waals surface area contributed by atoms with Crippen LogP contribution in [0.2, 0.25) is 0 Å². The summed E-state index contributed by atoms with van der Waals surface area (Å²) in [6.45, 7) is 4.96. The molecule has 0 aliphatic carbocycles. The first-order valence-corrected chi connectivity index (χ1v) is 12.9. The van der Waals surface area contributed by atoms with E-state index >= 15 is 0 Å². The van der Waals surface area contributed by atoms with Crippen LogP contribution in [-0.4, -0.2) is 69.4 Å². The molecule has 1 atom stereocenters. The Morgan fingerprint density at radius 1 is 0.973 bits per heavy atom. The lowest BCUT2D eigenvalue weighted by molar-refractivity contribution is 0.134. The van der Waals surface area contributed by atoms with Crippen molar-refractivity contribution in [2.75, 3.05) is 52.4 Å². The van der Waals surface area contributed by atoms with E-state index in [9.17, 15) is 9.59 Å². The predicted molar refractivity (Wildman–Crippen MR) is 141 cm³/mol. The molecule has 37 heavy (non-hydrogen) atoms. The van der Waals surface area contributed by atoms with Crippen LogP contribution in [0.4, 0.5) is 15.3 Å². The fourth-order valence-corrected chi connectivity index (χ4v) is 4.69. The number of amides is 3. The van der Waals surface area contributed by atoms with Crippen molar-refractivity contribution in [2.24, 2.45) is 0 Å². The van der Waals surface area contributed by atoms with Gasteiger partial charge >= 0.3 is 12.1 Å². The Hall–Kier alpha value is -3.62. The molecule has 0 radical (unpaired) electrons. The predicted octanol–water partition coefficient (Wildman–Crippen LogP) is 5.23. The normalized spacial score (nSPS) is 17.7. The van der Waals surface area contributed by atoms with Gasteiger partial charge in [-0.1, -0.05) is 31.9 Å². The van der Waals surface area contributed by atoms with E-state index in [2.05, 4.69) is 6.92 Å². The van der Waals surface area contributed by atoms with Crippen molar-refractivity contribution in [2.45, 2.75) is 45.3 Å². The highest BCUT2D eigenvalue weighted by Gasteiger charge is 2.31. The number of rotatable bonds is 11. The van der Waals surface area contributed by atoms with Gasteiger partial charge in [0.05, 0.1) is 33.9 Å². The van der Waals surface area contributed by atoms with E-state index in [0.717, 1.165) is 42.5 Å². The summed E-state index contributed by atoms with van der Waals surface area (Å²) < 4.78 is 22.5. The maximum absolute atomic E-state index is 13.5. The second-order valence-corrected chi connectivity index (χ2v) is 9.42. The van der Waals surface area contributed by atoms with Gasteiger partial charge in [-0.2, -0.15) is 0 Å². The SMILES string of the molecule is CCCCCOc1cc(N2CCCN(Cc3ccc(C4CN(C)C(=O)O4)cc3OC)C2=O)ccc1OC. The Labute approximate surface area is 218 Å². The number of hydrogen-bond donors (Lipinski definition) is 0. The van der Waals surface area contributed by atoms with Crippen LogP contribution in [0.5, 0.6) is 17.2 Å². The summed E-state index contributed by atoms with van der Waals surface area (Å²) in [7, 11) is 4.94. The van der Waals surface area contributed by atoms with E-state index in [4.69, 9.17) is 18.9 Å². The molecule has 4 rings (SSSR count). The third-order valence-electron chi connectivity index (χ3n) is 6.81. The Balaban J connectivity index is 1.48. The fourth-order valence-electron chi connectivity index (χ4n) is 4.69. The van der Waals surface area contributed by atoms with Crippen molar-refractivity contribution in [3.63, 3.8) is 0 Å². The number of carbonyl (C=O) groups is 2. The van der Waals surface area contributed by atoms with Crippen molar-refractivity contribution in [1.82, 2.24) is 9.80 Å². The topological polar surface area (TPSA) is 80.8 Å². The van der Waals surface area contributed by atoms with Crippen LogP contribution in [0, 0.1) is 0 Å². The number of benzene rings is 2. The smallest absolute Gasteiger partial charge is 0.410 e. The van der Waals surface area contributed by atoms with Gasteiger partial charge in [-0.3, -0.25) is 4.90 Å². The number of anilines is 1. The molecule has 2 saturated heterocycles. The van der Waals surface area contributed by atoms with E-state index in [-0.39, 0.29) is 18.2 Å². The van der Waals surface area contributed by atoms with Crippen molar-refractivity contribution in [1.29, 1.82) is 0 Å². The van der Waals surface area contributed by atoms with E-state index in [1.165, 1.54) is 0 Å². The number of carbonyl (C=O) groups excluding carboxylic acids is 2. The number of ether oxygens (including phenoxy) is 4. The number of likely N-dealkylation sites (N-methyl/N-ethyl adjacent to an activating group) is 1. The van der Waals surface area contributed by atoms with Crippen LogP contribution in [-0.2, 0) is 11.3 Å². The van der Waals surface area contributed by atoms with Gasteiger partial charge in [0.25, 0.3) is 0 Å². The first-order chi connectivity index (χ1) is 17.9. The molecule has 2 fully saturated rings. The number of cyclic esters (lactones) is 1. The Morgan fingerprint density at radius 2 is 1.78 bits per heavy atom. The lowest BCUT2D eigenvalue weighted by Gasteiger charge is -2.36. The maximum Gasteiger partial charge on any atom is 0.410 e. The molecule has 0 bridgehead atoms.